The van der Waals surface area contributed by atoms with Crippen LogP contribution in [-0.2, 0) is 0 Å². The van der Waals surface area contributed by atoms with Crippen LogP contribution in [0.15, 0.2) is 54.9 Å². The molecule has 0 atom stereocenters. The molecule has 0 saturated carbocycles. The molecule has 150 valence electrons. The monoisotopic (exact) mass is 393 g/mol. The summed E-state index contributed by atoms with van der Waals surface area (Å²) in [5.41, 5.74) is 3.73. The molecule has 0 spiro atoms. The van der Waals surface area contributed by atoms with Gasteiger partial charge in [-0.05, 0) is 68.8 Å². The second-order valence-corrected chi connectivity index (χ2v) is 6.55. The van der Waals surface area contributed by atoms with Gasteiger partial charge in [-0.15, -0.1) is 0 Å². The van der Waals surface area contributed by atoms with Gasteiger partial charge in [0.05, 0.1) is 0 Å². The largest absolute Gasteiger partial charge is 0.372 e. The van der Waals surface area contributed by atoms with E-state index in [2.05, 4.69) is 45.4 Å². The van der Waals surface area contributed by atoms with E-state index in [0.717, 1.165) is 30.0 Å². The number of hydrogen-bond acceptors (Lipinski definition) is 5. The molecule has 0 bridgehead atoms. The second kappa shape index (κ2) is 9.14. The maximum atomic E-state index is 13.0. The minimum atomic E-state index is -0.326. The highest BCUT2D eigenvalue weighted by molar-refractivity contribution is 6.03. The summed E-state index contributed by atoms with van der Waals surface area (Å²) < 4.78 is 13.0. The van der Waals surface area contributed by atoms with Crippen LogP contribution in [0.5, 0.6) is 0 Å². The smallest absolute Gasteiger partial charge is 0.274 e. The van der Waals surface area contributed by atoms with Gasteiger partial charge in [0.2, 0.25) is 0 Å². The first kappa shape index (κ1) is 20.3. The van der Waals surface area contributed by atoms with Crippen molar-refractivity contribution in [2.45, 2.75) is 20.8 Å². The van der Waals surface area contributed by atoms with E-state index in [1.54, 1.807) is 18.2 Å². The maximum absolute atomic E-state index is 13.0. The Morgan fingerprint density at radius 1 is 1.03 bits per heavy atom. The van der Waals surface area contributed by atoms with E-state index in [4.69, 9.17) is 0 Å². The van der Waals surface area contributed by atoms with Gasteiger partial charge in [-0.2, -0.15) is 0 Å². The number of halogens is 1. The molecule has 0 saturated heterocycles. The highest BCUT2D eigenvalue weighted by Gasteiger charge is 2.12. The van der Waals surface area contributed by atoms with Crippen molar-refractivity contribution >= 4 is 28.8 Å². The fourth-order valence-electron chi connectivity index (χ4n) is 2.99. The number of amides is 1. The standard InChI is InChI=1S/C22H24FN5O/c1-4-28(5-2)18-10-11-19(15(3)12-18)27-22(29)20-13-21(25-14-24-20)26-17-8-6-16(23)7-9-17/h6-14H,4-5H2,1-3H3,(H,27,29)(H,24,25,26). The van der Waals surface area contributed by atoms with Crippen LogP contribution >= 0.6 is 0 Å². The van der Waals surface area contributed by atoms with Gasteiger partial charge >= 0.3 is 0 Å². The number of carbonyl (C=O) groups excluding carboxylic acids is 1. The summed E-state index contributed by atoms with van der Waals surface area (Å²) in [6.45, 7) is 8.03. The van der Waals surface area contributed by atoms with Crippen LogP contribution in [0.3, 0.4) is 0 Å². The average Bonchev–Trinajstić information content (AvgIpc) is 2.73. The Morgan fingerprint density at radius 3 is 2.41 bits per heavy atom. The van der Waals surface area contributed by atoms with Crippen LogP contribution in [0.4, 0.5) is 27.3 Å². The van der Waals surface area contributed by atoms with Gasteiger partial charge in [-0.25, -0.2) is 14.4 Å². The Balaban J connectivity index is 1.73. The van der Waals surface area contributed by atoms with Crippen molar-refractivity contribution in [2.24, 2.45) is 0 Å². The van der Waals surface area contributed by atoms with Crippen molar-refractivity contribution in [3.05, 3.63) is 71.9 Å². The Kier molecular flexibility index (Phi) is 6.39. The van der Waals surface area contributed by atoms with Gasteiger partial charge in [0.15, 0.2) is 0 Å². The first-order valence-electron chi connectivity index (χ1n) is 9.51. The number of benzene rings is 2. The Bertz CT molecular complexity index is 987. The zero-order chi connectivity index (χ0) is 20.8. The molecular formula is C22H24FN5O. The number of carbonyl (C=O) groups is 1. The number of aryl methyl sites for hydroxylation is 1. The van der Waals surface area contributed by atoms with Crippen LogP contribution in [0, 0.1) is 12.7 Å². The van der Waals surface area contributed by atoms with Crippen molar-refractivity contribution in [3.8, 4) is 0 Å². The highest BCUT2D eigenvalue weighted by atomic mass is 19.1. The quantitative estimate of drug-likeness (QED) is 0.605. The van der Waals surface area contributed by atoms with Gasteiger partial charge in [0, 0.05) is 36.2 Å². The summed E-state index contributed by atoms with van der Waals surface area (Å²) in [7, 11) is 0. The molecule has 7 heteroatoms. The number of rotatable bonds is 7. The fourth-order valence-corrected chi connectivity index (χ4v) is 2.99. The van der Waals surface area contributed by atoms with E-state index >= 15 is 0 Å². The Labute approximate surface area is 169 Å². The number of hydrogen-bond donors (Lipinski definition) is 2. The maximum Gasteiger partial charge on any atom is 0.274 e. The van der Waals surface area contributed by atoms with Gasteiger partial charge in [0.25, 0.3) is 5.91 Å². The van der Waals surface area contributed by atoms with Crippen LogP contribution in [0.2, 0.25) is 0 Å². The first-order chi connectivity index (χ1) is 14.0. The Morgan fingerprint density at radius 2 is 1.76 bits per heavy atom. The molecule has 0 radical (unpaired) electrons. The van der Waals surface area contributed by atoms with E-state index in [1.165, 1.54) is 18.5 Å². The normalized spacial score (nSPS) is 10.5. The summed E-state index contributed by atoms with van der Waals surface area (Å²) in [6.07, 6.45) is 1.32. The van der Waals surface area contributed by atoms with Crippen LogP contribution < -0.4 is 15.5 Å². The van der Waals surface area contributed by atoms with Gasteiger partial charge in [-0.3, -0.25) is 4.79 Å². The lowest BCUT2D eigenvalue weighted by molar-refractivity contribution is 0.102. The van der Waals surface area contributed by atoms with E-state index in [9.17, 15) is 9.18 Å². The predicted octanol–water partition coefficient (Wildman–Crippen LogP) is 4.77. The third-order valence-corrected chi connectivity index (χ3v) is 4.60. The third kappa shape index (κ3) is 5.07. The van der Waals surface area contributed by atoms with Gasteiger partial charge < -0.3 is 15.5 Å². The minimum Gasteiger partial charge on any atom is -0.372 e. The molecule has 0 aliphatic heterocycles. The molecule has 2 N–H and O–H groups in total. The van der Waals surface area contributed by atoms with E-state index in [0.29, 0.717) is 11.5 Å². The second-order valence-electron chi connectivity index (χ2n) is 6.55. The van der Waals surface area contributed by atoms with E-state index in [-0.39, 0.29) is 17.4 Å². The summed E-state index contributed by atoms with van der Waals surface area (Å²) in [5, 5.41) is 5.93. The van der Waals surface area contributed by atoms with Crippen molar-refractivity contribution in [3.63, 3.8) is 0 Å². The van der Waals surface area contributed by atoms with Gasteiger partial charge in [-0.1, -0.05) is 0 Å². The SMILES string of the molecule is CCN(CC)c1ccc(NC(=O)c2cc(Nc3ccc(F)cc3)ncn2)c(C)c1. The highest BCUT2D eigenvalue weighted by Crippen LogP contribution is 2.23. The number of aromatic nitrogens is 2. The van der Waals surface area contributed by atoms with Crippen molar-refractivity contribution in [2.75, 3.05) is 28.6 Å². The molecule has 0 unspecified atom stereocenters. The lowest BCUT2D eigenvalue weighted by Gasteiger charge is -2.22. The van der Waals surface area contributed by atoms with E-state index in [1.807, 2.05) is 19.1 Å². The molecule has 0 aliphatic rings. The van der Waals surface area contributed by atoms with Crippen LogP contribution in [0.25, 0.3) is 0 Å². The zero-order valence-electron chi connectivity index (χ0n) is 16.7. The molecule has 0 aliphatic carbocycles. The van der Waals surface area contributed by atoms with Crippen molar-refractivity contribution < 1.29 is 9.18 Å². The number of nitrogens with zero attached hydrogens (tertiary/aromatic N) is 3. The molecule has 29 heavy (non-hydrogen) atoms. The summed E-state index contributed by atoms with van der Waals surface area (Å²) in [6, 6.07) is 13.4. The first-order valence-corrected chi connectivity index (χ1v) is 9.51. The van der Waals surface area contributed by atoms with Gasteiger partial charge in [0.1, 0.15) is 23.7 Å². The molecule has 2 aromatic carbocycles. The lowest BCUT2D eigenvalue weighted by atomic mass is 10.1. The zero-order valence-corrected chi connectivity index (χ0v) is 16.7. The molecule has 3 rings (SSSR count). The molecule has 0 fully saturated rings. The van der Waals surface area contributed by atoms with Crippen LogP contribution in [0.1, 0.15) is 29.9 Å². The summed E-state index contributed by atoms with van der Waals surface area (Å²) in [5.74, 6) is -0.195. The summed E-state index contributed by atoms with van der Waals surface area (Å²) >= 11 is 0. The molecular weight excluding hydrogens is 369 g/mol. The number of anilines is 4. The average molecular weight is 393 g/mol. The molecule has 1 amide bonds. The fraction of sp³-hybridized carbons (Fsp3) is 0.227. The molecule has 1 heterocycles. The van der Waals surface area contributed by atoms with Crippen molar-refractivity contribution in [1.82, 2.24) is 9.97 Å². The topological polar surface area (TPSA) is 70.2 Å². The summed E-state index contributed by atoms with van der Waals surface area (Å²) in [4.78, 5) is 23.1. The number of nitrogens with one attached hydrogen (secondary N) is 2. The van der Waals surface area contributed by atoms with Crippen molar-refractivity contribution in [1.29, 1.82) is 0 Å². The molecule has 3 aromatic rings. The van der Waals surface area contributed by atoms with Crippen LogP contribution in [-0.4, -0.2) is 29.0 Å². The minimum absolute atomic E-state index is 0.233. The molecule has 1 aromatic heterocycles. The predicted molar refractivity (Wildman–Crippen MR) is 114 cm³/mol. The van der Waals surface area contributed by atoms with E-state index < -0.39 is 0 Å². The lowest BCUT2D eigenvalue weighted by Crippen LogP contribution is -2.22. The Hall–Kier alpha value is -3.48. The third-order valence-electron chi connectivity index (χ3n) is 4.60. The molecule has 6 nitrogen and oxygen atoms in total.